The van der Waals surface area contributed by atoms with Gasteiger partial charge in [-0.1, -0.05) is 30.3 Å². The average Bonchev–Trinajstić information content (AvgIpc) is 3.60. The van der Waals surface area contributed by atoms with E-state index in [0.29, 0.717) is 12.4 Å². The SMILES string of the molecule is C=N/C(C)=C\N(C)c1nccc2[nH]c(-c3n[nH]c4ccc(-c5cncc(OCc6ccccc6)c5)nc34)cc12. The standard InChI is InChI=1S/C30H26N8O/c1-19(31-2)17-38(3)30-23-14-27(34-25(23)11-12-33-30)29-28-26(36-37-29)10-9-24(35-28)21-13-22(16-32-15-21)39-18-20-7-5-4-6-8-20/h4-17,34H,2,18H2,1,3H3,(H,36,37)/b19-17-. The normalized spacial score (nSPS) is 11.7. The predicted molar refractivity (Wildman–Crippen MR) is 155 cm³/mol. The molecule has 0 aliphatic heterocycles. The van der Waals surface area contributed by atoms with Gasteiger partial charge in [0.1, 0.15) is 29.4 Å². The summed E-state index contributed by atoms with van der Waals surface area (Å²) in [5, 5.41) is 8.65. The maximum atomic E-state index is 5.98. The fraction of sp³-hybridized carbons (Fsp3) is 0.100. The molecule has 0 aliphatic rings. The Morgan fingerprint density at radius 1 is 1.08 bits per heavy atom. The number of pyridine rings is 3. The number of aromatic nitrogens is 6. The molecule has 0 spiro atoms. The van der Waals surface area contributed by atoms with E-state index in [0.717, 1.165) is 61.7 Å². The van der Waals surface area contributed by atoms with E-state index in [9.17, 15) is 0 Å². The van der Waals surface area contributed by atoms with Gasteiger partial charge in [-0.25, -0.2) is 9.97 Å². The Morgan fingerprint density at radius 2 is 1.95 bits per heavy atom. The number of anilines is 1. The number of benzene rings is 1. The lowest BCUT2D eigenvalue weighted by molar-refractivity contribution is 0.305. The topological polar surface area (TPSA) is 108 Å². The van der Waals surface area contributed by atoms with Crippen molar-refractivity contribution in [1.29, 1.82) is 0 Å². The summed E-state index contributed by atoms with van der Waals surface area (Å²) >= 11 is 0. The third-order valence-electron chi connectivity index (χ3n) is 6.41. The zero-order valence-electron chi connectivity index (χ0n) is 21.6. The Morgan fingerprint density at radius 3 is 2.79 bits per heavy atom. The first-order valence-electron chi connectivity index (χ1n) is 12.4. The highest BCUT2D eigenvalue weighted by atomic mass is 16.5. The lowest BCUT2D eigenvalue weighted by atomic mass is 10.1. The van der Waals surface area contributed by atoms with Crippen LogP contribution in [0.4, 0.5) is 5.82 Å². The highest BCUT2D eigenvalue weighted by molar-refractivity contribution is 5.98. The molecule has 0 fully saturated rings. The van der Waals surface area contributed by atoms with Crippen LogP contribution in [0.5, 0.6) is 5.75 Å². The molecule has 1 aromatic carbocycles. The summed E-state index contributed by atoms with van der Waals surface area (Å²) in [6.45, 7) is 5.95. The summed E-state index contributed by atoms with van der Waals surface area (Å²) < 4.78 is 5.98. The number of H-pyrrole nitrogens is 2. The van der Waals surface area contributed by atoms with Crippen LogP contribution in [0.25, 0.3) is 44.6 Å². The van der Waals surface area contributed by atoms with Gasteiger partial charge in [-0.15, -0.1) is 0 Å². The van der Waals surface area contributed by atoms with Gasteiger partial charge in [0.15, 0.2) is 0 Å². The van der Waals surface area contributed by atoms with Crippen molar-refractivity contribution in [1.82, 2.24) is 30.1 Å². The minimum absolute atomic E-state index is 0.468. The molecule has 9 nitrogen and oxygen atoms in total. The third-order valence-corrected chi connectivity index (χ3v) is 6.41. The lowest BCUT2D eigenvalue weighted by Crippen LogP contribution is -2.10. The van der Waals surface area contributed by atoms with E-state index < -0.39 is 0 Å². The molecular weight excluding hydrogens is 488 g/mol. The van der Waals surface area contributed by atoms with Crippen molar-refractivity contribution >= 4 is 34.5 Å². The van der Waals surface area contributed by atoms with Gasteiger partial charge < -0.3 is 14.6 Å². The maximum absolute atomic E-state index is 5.98. The Labute approximate surface area is 225 Å². The van der Waals surface area contributed by atoms with Gasteiger partial charge in [0, 0.05) is 36.6 Å². The van der Waals surface area contributed by atoms with Crippen molar-refractivity contribution < 1.29 is 4.74 Å². The van der Waals surface area contributed by atoms with Gasteiger partial charge in [-0.3, -0.25) is 15.1 Å². The summed E-state index contributed by atoms with van der Waals surface area (Å²) in [4.78, 5) is 23.3. The van der Waals surface area contributed by atoms with Crippen LogP contribution in [0.15, 0.2) is 96.1 Å². The maximum Gasteiger partial charge on any atom is 0.141 e. The minimum atomic E-state index is 0.468. The molecule has 0 aliphatic carbocycles. The average molecular weight is 515 g/mol. The van der Waals surface area contributed by atoms with Gasteiger partial charge >= 0.3 is 0 Å². The van der Waals surface area contributed by atoms with E-state index in [1.807, 2.05) is 85.7 Å². The monoisotopic (exact) mass is 514 g/mol. The number of aliphatic imine (C=N–C) groups is 1. The number of hydrogen-bond donors (Lipinski definition) is 2. The zero-order valence-corrected chi connectivity index (χ0v) is 21.6. The quantitative estimate of drug-likeness (QED) is 0.236. The van der Waals surface area contributed by atoms with Crippen molar-refractivity contribution in [2.45, 2.75) is 13.5 Å². The van der Waals surface area contributed by atoms with Crippen molar-refractivity contribution in [2.75, 3.05) is 11.9 Å². The molecule has 0 bridgehead atoms. The van der Waals surface area contributed by atoms with Gasteiger partial charge in [-0.2, -0.15) is 5.10 Å². The predicted octanol–water partition coefficient (Wildman–Crippen LogP) is 6.14. The number of rotatable bonds is 8. The largest absolute Gasteiger partial charge is 0.487 e. The van der Waals surface area contributed by atoms with Crippen LogP contribution in [0.2, 0.25) is 0 Å². The number of aromatic amines is 2. The van der Waals surface area contributed by atoms with Crippen molar-refractivity contribution in [2.24, 2.45) is 4.99 Å². The van der Waals surface area contributed by atoms with Crippen molar-refractivity contribution in [3.63, 3.8) is 0 Å². The van der Waals surface area contributed by atoms with Gasteiger partial charge in [-0.05, 0) is 49.5 Å². The summed E-state index contributed by atoms with van der Waals surface area (Å²) in [5.74, 6) is 1.48. The van der Waals surface area contributed by atoms with Crippen molar-refractivity contribution in [3.05, 3.63) is 96.7 Å². The molecule has 0 radical (unpaired) electrons. The molecule has 9 heteroatoms. The van der Waals surface area contributed by atoms with E-state index in [4.69, 9.17) is 9.72 Å². The molecule has 0 saturated carbocycles. The molecule has 0 unspecified atom stereocenters. The third kappa shape index (κ3) is 4.85. The first-order chi connectivity index (χ1) is 19.1. The first-order valence-corrected chi connectivity index (χ1v) is 12.4. The van der Waals surface area contributed by atoms with E-state index in [1.165, 1.54) is 0 Å². The molecule has 6 aromatic rings. The van der Waals surface area contributed by atoms with Gasteiger partial charge in [0.05, 0.1) is 34.3 Å². The van der Waals surface area contributed by atoms with E-state index >= 15 is 0 Å². The van der Waals surface area contributed by atoms with Crippen LogP contribution < -0.4 is 9.64 Å². The van der Waals surface area contributed by atoms with E-state index in [2.05, 4.69) is 36.9 Å². The van der Waals surface area contributed by atoms with Crippen LogP contribution in [-0.4, -0.2) is 43.9 Å². The highest BCUT2D eigenvalue weighted by Crippen LogP contribution is 2.33. The Kier molecular flexibility index (Phi) is 6.30. The second-order valence-electron chi connectivity index (χ2n) is 9.17. The molecule has 5 heterocycles. The molecule has 6 rings (SSSR count). The van der Waals surface area contributed by atoms with E-state index in [-0.39, 0.29) is 0 Å². The fourth-order valence-electron chi connectivity index (χ4n) is 4.46. The number of nitrogens with one attached hydrogen (secondary N) is 2. The Bertz CT molecular complexity index is 1820. The summed E-state index contributed by atoms with van der Waals surface area (Å²) in [6, 6.07) is 19.9. The molecular formula is C30H26N8O. The summed E-state index contributed by atoms with van der Waals surface area (Å²) in [6.07, 6.45) is 7.17. The van der Waals surface area contributed by atoms with Gasteiger partial charge in [0.2, 0.25) is 0 Å². The van der Waals surface area contributed by atoms with Gasteiger partial charge in [0.25, 0.3) is 0 Å². The fourth-order valence-corrected chi connectivity index (χ4v) is 4.46. The second kappa shape index (κ2) is 10.2. The number of fused-ring (bicyclic) bond motifs is 2. The Balaban J connectivity index is 1.34. The van der Waals surface area contributed by atoms with Crippen LogP contribution in [0, 0.1) is 0 Å². The van der Waals surface area contributed by atoms with E-state index in [1.54, 1.807) is 18.6 Å². The zero-order chi connectivity index (χ0) is 26.8. The molecule has 0 amide bonds. The number of ether oxygens (including phenoxy) is 1. The smallest absolute Gasteiger partial charge is 0.141 e. The number of allylic oxidation sites excluding steroid dienone is 1. The summed E-state index contributed by atoms with van der Waals surface area (Å²) in [5.41, 5.74) is 7.62. The van der Waals surface area contributed by atoms with Crippen molar-refractivity contribution in [3.8, 4) is 28.4 Å². The second-order valence-corrected chi connectivity index (χ2v) is 9.17. The molecule has 5 aromatic heterocycles. The Hall–Kier alpha value is -5.31. The molecule has 0 saturated heterocycles. The van der Waals surface area contributed by atoms with Crippen LogP contribution >= 0.6 is 0 Å². The molecule has 0 atom stereocenters. The highest BCUT2D eigenvalue weighted by Gasteiger charge is 2.16. The van der Waals surface area contributed by atoms with Crippen LogP contribution in [-0.2, 0) is 6.61 Å². The number of nitrogens with zero attached hydrogens (tertiary/aromatic N) is 6. The molecule has 2 N–H and O–H groups in total. The number of hydrogen-bond acceptors (Lipinski definition) is 7. The first kappa shape index (κ1) is 24.1. The minimum Gasteiger partial charge on any atom is -0.487 e. The lowest BCUT2D eigenvalue weighted by Gasteiger charge is -2.14. The molecule has 192 valence electrons. The molecule has 39 heavy (non-hydrogen) atoms. The van der Waals surface area contributed by atoms with Crippen LogP contribution in [0.3, 0.4) is 0 Å². The summed E-state index contributed by atoms with van der Waals surface area (Å²) in [7, 11) is 1.94. The van der Waals surface area contributed by atoms with Crippen LogP contribution in [0.1, 0.15) is 12.5 Å².